The Balaban J connectivity index is 1.88. The fraction of sp³-hybridized carbons (Fsp3) is 0.350. The van der Waals surface area contributed by atoms with E-state index in [1.165, 1.54) is 5.56 Å². The van der Waals surface area contributed by atoms with Crippen molar-refractivity contribution >= 4 is 17.8 Å². The van der Waals surface area contributed by atoms with E-state index in [2.05, 4.69) is 0 Å². The van der Waals surface area contributed by atoms with E-state index in [1.807, 2.05) is 37.3 Å². The first-order chi connectivity index (χ1) is 12.4. The number of aliphatic hydroxyl groups is 3. The molecule has 5 atom stereocenters. The van der Waals surface area contributed by atoms with Crippen molar-refractivity contribution in [3.8, 4) is 0 Å². The van der Waals surface area contributed by atoms with Gasteiger partial charge in [0.05, 0.1) is 0 Å². The van der Waals surface area contributed by atoms with Crippen molar-refractivity contribution in [3.05, 3.63) is 69.7 Å². The summed E-state index contributed by atoms with van der Waals surface area (Å²) in [5.41, 5.74) is 3.79. The molecule has 0 saturated carbocycles. The van der Waals surface area contributed by atoms with Gasteiger partial charge in [0.2, 0.25) is 0 Å². The molecule has 0 aliphatic carbocycles. The topological polar surface area (TPSA) is 93.8 Å². The van der Waals surface area contributed by atoms with E-state index in [0.29, 0.717) is 17.0 Å². The lowest BCUT2D eigenvalue weighted by Gasteiger charge is -2.39. The molecule has 0 unspecified atom stereocenters. The maximum atomic E-state index is 10.3. The van der Waals surface area contributed by atoms with Crippen molar-refractivity contribution < 1.29 is 20.1 Å². The van der Waals surface area contributed by atoms with Crippen molar-refractivity contribution in [3.63, 3.8) is 0 Å². The molecule has 2 aromatic carbocycles. The molecule has 6 heteroatoms. The second-order valence-corrected chi connectivity index (χ2v) is 7.08. The fourth-order valence-electron chi connectivity index (χ4n) is 3.15. The summed E-state index contributed by atoms with van der Waals surface area (Å²) in [7, 11) is 0. The zero-order chi connectivity index (χ0) is 18.8. The molecule has 1 fully saturated rings. The number of hydrogen-bond donors (Lipinski definition) is 4. The molecule has 0 radical (unpaired) electrons. The summed E-state index contributed by atoms with van der Waals surface area (Å²) in [6, 6.07) is 13.4. The van der Waals surface area contributed by atoms with Gasteiger partial charge in [-0.15, -0.1) is 0 Å². The van der Waals surface area contributed by atoms with Gasteiger partial charge in [0.1, 0.15) is 30.5 Å². The minimum atomic E-state index is -1.39. The third kappa shape index (κ3) is 3.82. The van der Waals surface area contributed by atoms with Gasteiger partial charge in [-0.3, -0.25) is 0 Å². The summed E-state index contributed by atoms with van der Waals surface area (Å²) in [5, 5.41) is 38.2. The second kappa shape index (κ2) is 7.86. The minimum Gasteiger partial charge on any atom is -0.387 e. The average Bonchev–Trinajstić information content (AvgIpc) is 2.64. The molecular formula is C20H22ClNO4. The lowest BCUT2D eigenvalue weighted by atomic mass is 9.90. The van der Waals surface area contributed by atoms with E-state index in [4.69, 9.17) is 21.7 Å². The summed E-state index contributed by atoms with van der Waals surface area (Å²) >= 11 is 6.33. The van der Waals surface area contributed by atoms with Crippen molar-refractivity contribution in [2.75, 3.05) is 0 Å². The van der Waals surface area contributed by atoms with Gasteiger partial charge in [-0.05, 0) is 36.1 Å². The molecule has 1 heterocycles. The van der Waals surface area contributed by atoms with Crippen LogP contribution >= 0.6 is 11.6 Å². The molecule has 138 valence electrons. The maximum absolute atomic E-state index is 10.3. The van der Waals surface area contributed by atoms with Crippen LogP contribution in [-0.2, 0) is 11.2 Å². The number of nitrogens with one attached hydrogen (secondary N) is 1. The highest BCUT2D eigenvalue weighted by Gasteiger charge is 2.43. The van der Waals surface area contributed by atoms with Gasteiger partial charge in [0.25, 0.3) is 0 Å². The SMILES string of the molecule is Cc1ccc(Cc2cc([C@@H]3O[C@H](C=N)[C@@H](O)[C@H](O)[C@H]3O)ccc2Cl)cc1. The van der Waals surface area contributed by atoms with E-state index in [9.17, 15) is 15.3 Å². The number of hydrogen-bond acceptors (Lipinski definition) is 5. The molecule has 2 aromatic rings. The molecule has 4 N–H and O–H groups in total. The number of benzene rings is 2. The van der Waals surface area contributed by atoms with Crippen LogP contribution in [0.1, 0.15) is 28.4 Å². The lowest BCUT2D eigenvalue weighted by Crippen LogP contribution is -2.54. The second-order valence-electron chi connectivity index (χ2n) is 6.67. The zero-order valence-electron chi connectivity index (χ0n) is 14.3. The standard InChI is InChI=1S/C20H22ClNO4/c1-11-2-4-12(5-3-11)8-14-9-13(6-7-15(14)21)20-19(25)18(24)17(23)16(10-22)26-20/h2-7,9-10,16-20,22-25H,8H2,1H3/t16-,17-,18+,19-,20+/m1/s1. The molecule has 1 aliphatic rings. The molecule has 0 spiro atoms. The van der Waals surface area contributed by atoms with Crippen LogP contribution in [0.15, 0.2) is 42.5 Å². The number of aliphatic hydroxyl groups excluding tert-OH is 3. The highest BCUT2D eigenvalue weighted by atomic mass is 35.5. The Morgan fingerprint density at radius 2 is 1.73 bits per heavy atom. The van der Waals surface area contributed by atoms with E-state index in [-0.39, 0.29) is 0 Å². The summed E-state index contributed by atoms with van der Waals surface area (Å²) in [4.78, 5) is 0. The molecule has 26 heavy (non-hydrogen) atoms. The fourth-order valence-corrected chi connectivity index (χ4v) is 3.34. The third-order valence-corrected chi connectivity index (χ3v) is 5.10. The van der Waals surface area contributed by atoms with Gasteiger partial charge in [0, 0.05) is 11.2 Å². The molecule has 1 aliphatic heterocycles. The summed E-state index contributed by atoms with van der Waals surface area (Å²) < 4.78 is 5.63. The Morgan fingerprint density at radius 3 is 2.38 bits per heavy atom. The Labute approximate surface area is 157 Å². The molecule has 1 saturated heterocycles. The maximum Gasteiger partial charge on any atom is 0.121 e. The van der Waals surface area contributed by atoms with Crippen LogP contribution in [-0.4, -0.2) is 46.0 Å². The van der Waals surface area contributed by atoms with Crippen LogP contribution in [0.4, 0.5) is 0 Å². The van der Waals surface area contributed by atoms with Gasteiger partial charge in [-0.2, -0.15) is 0 Å². The zero-order valence-corrected chi connectivity index (χ0v) is 15.1. The van der Waals surface area contributed by atoms with E-state index >= 15 is 0 Å². The highest BCUT2D eigenvalue weighted by Crippen LogP contribution is 2.34. The predicted octanol–water partition coefficient (Wildman–Crippen LogP) is 2.41. The van der Waals surface area contributed by atoms with Crippen LogP contribution in [0.5, 0.6) is 0 Å². The van der Waals surface area contributed by atoms with Crippen molar-refractivity contribution in [1.82, 2.24) is 0 Å². The lowest BCUT2D eigenvalue weighted by molar-refractivity contribution is -0.205. The highest BCUT2D eigenvalue weighted by molar-refractivity contribution is 6.31. The largest absolute Gasteiger partial charge is 0.387 e. The molecule has 0 amide bonds. The van der Waals surface area contributed by atoms with Crippen LogP contribution in [0, 0.1) is 12.3 Å². The van der Waals surface area contributed by atoms with Crippen LogP contribution < -0.4 is 0 Å². The molecule has 5 nitrogen and oxygen atoms in total. The molecule has 0 bridgehead atoms. The van der Waals surface area contributed by atoms with Crippen LogP contribution in [0.2, 0.25) is 5.02 Å². The minimum absolute atomic E-state index is 0.601. The van der Waals surface area contributed by atoms with Gasteiger partial charge in [0.15, 0.2) is 0 Å². The number of halogens is 1. The molecule has 3 rings (SSSR count). The monoisotopic (exact) mass is 375 g/mol. The van der Waals surface area contributed by atoms with Gasteiger partial charge in [-0.25, -0.2) is 0 Å². The van der Waals surface area contributed by atoms with Gasteiger partial charge < -0.3 is 25.5 Å². The summed E-state index contributed by atoms with van der Waals surface area (Å²) in [6.07, 6.45) is -4.31. The van der Waals surface area contributed by atoms with E-state index in [1.54, 1.807) is 12.1 Å². The predicted molar refractivity (Wildman–Crippen MR) is 99.9 cm³/mol. The Bertz CT molecular complexity index is 780. The summed E-state index contributed by atoms with van der Waals surface area (Å²) in [6.45, 7) is 2.03. The molecular weight excluding hydrogens is 354 g/mol. The normalized spacial score (nSPS) is 28.7. The summed E-state index contributed by atoms with van der Waals surface area (Å²) in [5.74, 6) is 0. The van der Waals surface area contributed by atoms with E-state index < -0.39 is 30.5 Å². The van der Waals surface area contributed by atoms with Crippen molar-refractivity contribution in [1.29, 1.82) is 5.41 Å². The quantitative estimate of drug-likeness (QED) is 0.617. The third-order valence-electron chi connectivity index (χ3n) is 4.73. The van der Waals surface area contributed by atoms with E-state index in [0.717, 1.165) is 17.3 Å². The number of rotatable bonds is 4. The first kappa shape index (κ1) is 19.0. The number of aryl methyl sites for hydroxylation is 1. The first-order valence-corrected chi connectivity index (χ1v) is 8.82. The van der Waals surface area contributed by atoms with Gasteiger partial charge in [-0.1, -0.05) is 53.6 Å². The number of ether oxygens (including phenoxy) is 1. The average molecular weight is 376 g/mol. The Morgan fingerprint density at radius 1 is 1.04 bits per heavy atom. The Kier molecular flexibility index (Phi) is 5.75. The van der Waals surface area contributed by atoms with Gasteiger partial charge >= 0.3 is 0 Å². The van der Waals surface area contributed by atoms with Crippen molar-refractivity contribution in [2.45, 2.75) is 43.9 Å². The van der Waals surface area contributed by atoms with Crippen LogP contribution in [0.3, 0.4) is 0 Å². The smallest absolute Gasteiger partial charge is 0.121 e. The molecule has 0 aromatic heterocycles. The first-order valence-electron chi connectivity index (χ1n) is 8.45. The Hall–Kier alpha value is -1.76. The van der Waals surface area contributed by atoms with Crippen LogP contribution in [0.25, 0.3) is 0 Å². The van der Waals surface area contributed by atoms with Crippen molar-refractivity contribution in [2.24, 2.45) is 0 Å².